The summed E-state index contributed by atoms with van der Waals surface area (Å²) < 4.78 is 1.82. The number of nitrogens with two attached hydrogens (primary N) is 1. The van der Waals surface area contributed by atoms with E-state index in [0.29, 0.717) is 24.9 Å². The highest BCUT2D eigenvalue weighted by Crippen LogP contribution is 2.33. The van der Waals surface area contributed by atoms with Gasteiger partial charge in [0, 0.05) is 19.6 Å². The number of carbonyl (C=O) groups is 5. The van der Waals surface area contributed by atoms with Gasteiger partial charge in [0.05, 0.1) is 18.1 Å². The molecule has 50 heavy (non-hydrogen) atoms. The first kappa shape index (κ1) is 52.1. The van der Waals surface area contributed by atoms with E-state index in [0.717, 1.165) is 76.2 Å². The zero-order valence-corrected chi connectivity index (χ0v) is 34.5. The van der Waals surface area contributed by atoms with Gasteiger partial charge in [0.25, 0.3) is 0 Å². The molecule has 1 aliphatic heterocycles. The number of primary amides is 1. The molecule has 12 nitrogen and oxygen atoms in total. The zero-order valence-electron chi connectivity index (χ0n) is 33.6. The summed E-state index contributed by atoms with van der Waals surface area (Å²) in [5.74, 6) is 2.75. The molecule has 6 N–H and O–H groups in total. The van der Waals surface area contributed by atoms with Crippen molar-refractivity contribution in [3.63, 3.8) is 0 Å². The SMILES string of the molecule is CC(=O)C(CC1CC1)NC(=O)C1CCCN1C.CC(C)C.CC(C)C.CCN(S)CCNC(=O)NC(C=O)C1CCCCC1.CNC.NC=O. The molecule has 0 aromatic carbocycles. The van der Waals surface area contributed by atoms with E-state index in [4.69, 9.17) is 4.79 Å². The summed E-state index contributed by atoms with van der Waals surface area (Å²) in [6.07, 6.45) is 12.0. The average Bonchev–Trinajstić information content (AvgIpc) is 3.76. The Morgan fingerprint density at radius 2 is 1.40 bits per heavy atom. The number of likely N-dealkylation sites (N-methyl/N-ethyl adjacent to an activating group) is 2. The number of nitrogens with zero attached hydrogens (tertiary/aromatic N) is 2. The van der Waals surface area contributed by atoms with Crippen molar-refractivity contribution in [3.05, 3.63) is 0 Å². The van der Waals surface area contributed by atoms with Crippen molar-refractivity contribution in [2.75, 3.05) is 47.3 Å². The van der Waals surface area contributed by atoms with Gasteiger partial charge in [0.2, 0.25) is 12.3 Å². The molecule has 3 aliphatic rings. The molecule has 3 fully saturated rings. The van der Waals surface area contributed by atoms with Crippen LogP contribution in [0.5, 0.6) is 0 Å². The van der Waals surface area contributed by atoms with Crippen LogP contribution in [0.2, 0.25) is 0 Å². The fourth-order valence-corrected chi connectivity index (χ4v) is 5.04. The molecule has 0 aromatic rings. The van der Waals surface area contributed by atoms with Crippen LogP contribution >= 0.6 is 12.8 Å². The minimum absolute atomic E-state index is 0.0314. The Hall–Kier alpha value is -2.22. The maximum absolute atomic E-state index is 12.1. The molecule has 0 radical (unpaired) electrons. The fraction of sp³-hybridized carbons (Fsp3) is 0.865. The van der Waals surface area contributed by atoms with E-state index in [1.807, 2.05) is 32.4 Å². The van der Waals surface area contributed by atoms with Gasteiger partial charge >= 0.3 is 6.03 Å². The Morgan fingerprint density at radius 1 is 0.900 bits per heavy atom. The Bertz CT molecular complexity index is 860. The third-order valence-corrected chi connectivity index (χ3v) is 8.00. The lowest BCUT2D eigenvalue weighted by Gasteiger charge is -2.27. The van der Waals surface area contributed by atoms with Gasteiger partial charge in [-0.1, -0.05) is 93.4 Å². The molecular weight excluding hydrogens is 655 g/mol. The van der Waals surface area contributed by atoms with Crippen molar-refractivity contribution >= 4 is 43.2 Å². The smallest absolute Gasteiger partial charge is 0.315 e. The second-order valence-corrected chi connectivity index (χ2v) is 15.2. The van der Waals surface area contributed by atoms with Crippen LogP contribution in [0.15, 0.2) is 0 Å². The number of rotatable bonds is 12. The van der Waals surface area contributed by atoms with Crippen LogP contribution in [-0.4, -0.2) is 105 Å². The van der Waals surface area contributed by atoms with Crippen LogP contribution in [0, 0.1) is 23.7 Å². The van der Waals surface area contributed by atoms with E-state index >= 15 is 0 Å². The molecule has 0 spiro atoms. The van der Waals surface area contributed by atoms with Crippen LogP contribution in [-0.2, 0) is 19.2 Å². The summed E-state index contributed by atoms with van der Waals surface area (Å²) >= 11 is 4.21. The van der Waals surface area contributed by atoms with Gasteiger partial charge in [0.15, 0.2) is 5.78 Å². The number of Topliss-reactive ketones (excluding diaryl/α,β-unsaturated/α-hetero) is 1. The van der Waals surface area contributed by atoms with Crippen molar-refractivity contribution in [3.8, 4) is 0 Å². The van der Waals surface area contributed by atoms with Gasteiger partial charge in [-0.25, -0.2) is 4.79 Å². The number of carbonyl (C=O) groups excluding carboxylic acids is 5. The minimum Gasteiger partial charge on any atom is -0.372 e. The molecule has 2 aliphatic carbocycles. The standard InChI is InChI=1S/C13H25N3O2S.C13H22N2O2.2C4H10.C2H7N.CH3NO/c1-2-16(19)9-8-14-13(18)15-12(10-17)11-6-4-3-5-7-11;1-9(16)11(8-10-5-6-10)14-13(17)12-4-3-7-15(12)2;2*1-4(2)3;1-3-2;2-1-3/h10-12,19H,2-9H2,1H3,(H2,14,15,18);10-12H,3-8H2,1-2H3,(H,14,17);2*4H,1-3H3;3H,1-2H3;1H,(H2,2,3). The summed E-state index contributed by atoms with van der Waals surface area (Å²) in [4.78, 5) is 57.0. The predicted molar refractivity (Wildman–Crippen MR) is 211 cm³/mol. The quantitative estimate of drug-likeness (QED) is 0.123. The molecule has 3 unspecified atom stereocenters. The molecule has 0 aromatic heterocycles. The Labute approximate surface area is 311 Å². The van der Waals surface area contributed by atoms with Gasteiger partial charge < -0.3 is 31.8 Å². The second-order valence-electron chi connectivity index (χ2n) is 14.6. The highest BCUT2D eigenvalue weighted by molar-refractivity contribution is 7.77. The van der Waals surface area contributed by atoms with Crippen molar-refractivity contribution in [1.82, 2.24) is 30.5 Å². The molecule has 4 amide bonds. The first-order valence-corrected chi connectivity index (χ1v) is 19.1. The summed E-state index contributed by atoms with van der Waals surface area (Å²) in [7, 11) is 5.72. The lowest BCUT2D eigenvalue weighted by atomic mass is 9.84. The summed E-state index contributed by atoms with van der Waals surface area (Å²) in [6.45, 7) is 19.6. The number of aldehydes is 1. The van der Waals surface area contributed by atoms with E-state index in [9.17, 15) is 19.2 Å². The van der Waals surface area contributed by atoms with Crippen LogP contribution in [0.25, 0.3) is 0 Å². The van der Waals surface area contributed by atoms with Gasteiger partial charge in [-0.2, -0.15) is 0 Å². The molecule has 1 saturated heterocycles. The third-order valence-electron chi connectivity index (χ3n) is 7.52. The van der Waals surface area contributed by atoms with E-state index in [2.05, 4.69) is 86.3 Å². The van der Waals surface area contributed by atoms with Crippen molar-refractivity contribution in [2.24, 2.45) is 29.4 Å². The zero-order chi connectivity index (χ0) is 39.1. The van der Waals surface area contributed by atoms with E-state index < -0.39 is 0 Å². The topological polar surface area (TPSA) is 166 Å². The molecule has 0 bridgehead atoms. The van der Waals surface area contributed by atoms with Crippen molar-refractivity contribution in [1.29, 1.82) is 0 Å². The summed E-state index contributed by atoms with van der Waals surface area (Å²) in [5, 5.41) is 11.2. The Kier molecular flexibility index (Phi) is 35.4. The molecule has 3 atom stereocenters. The molecule has 13 heteroatoms. The second kappa shape index (κ2) is 33.9. The maximum atomic E-state index is 12.1. The lowest BCUT2D eigenvalue weighted by molar-refractivity contribution is -0.129. The molecule has 2 saturated carbocycles. The molecule has 296 valence electrons. The predicted octanol–water partition coefficient (Wildman–Crippen LogP) is 4.82. The molecule has 1 heterocycles. The third kappa shape index (κ3) is 33.0. The lowest BCUT2D eigenvalue weighted by Crippen LogP contribution is -2.48. The highest BCUT2D eigenvalue weighted by atomic mass is 32.1. The van der Waals surface area contributed by atoms with Crippen molar-refractivity contribution < 1.29 is 24.0 Å². The maximum Gasteiger partial charge on any atom is 0.315 e. The molecular formula is C37H77N7O5S. The first-order valence-electron chi connectivity index (χ1n) is 18.7. The Balaban J connectivity index is -0.000000646. The number of amides is 4. The Morgan fingerprint density at radius 3 is 1.78 bits per heavy atom. The number of nitrogens with one attached hydrogen (secondary N) is 4. The minimum atomic E-state index is -0.349. The number of thiol groups is 1. The van der Waals surface area contributed by atoms with E-state index in [-0.39, 0.29) is 42.3 Å². The van der Waals surface area contributed by atoms with Crippen LogP contribution in [0.3, 0.4) is 0 Å². The van der Waals surface area contributed by atoms with E-state index in [1.54, 1.807) is 6.92 Å². The molecule has 3 rings (SSSR count). The fourth-order valence-electron chi connectivity index (χ4n) is 4.94. The number of ketones is 1. The van der Waals surface area contributed by atoms with E-state index in [1.165, 1.54) is 19.3 Å². The summed E-state index contributed by atoms with van der Waals surface area (Å²) in [5.41, 5.74) is 4.17. The van der Waals surface area contributed by atoms with Gasteiger partial charge in [0.1, 0.15) is 6.29 Å². The largest absolute Gasteiger partial charge is 0.372 e. The van der Waals surface area contributed by atoms with Crippen LogP contribution in [0.4, 0.5) is 4.79 Å². The van der Waals surface area contributed by atoms with Gasteiger partial charge in [-0.15, -0.1) is 0 Å². The van der Waals surface area contributed by atoms with Crippen LogP contribution in [0.1, 0.15) is 120 Å². The highest BCUT2D eigenvalue weighted by Gasteiger charge is 2.33. The first-order chi connectivity index (χ1) is 23.5. The number of urea groups is 1. The normalized spacial score (nSPS) is 18.0. The van der Waals surface area contributed by atoms with Gasteiger partial charge in [-0.05, 0) is 90.4 Å². The van der Waals surface area contributed by atoms with Gasteiger partial charge in [-0.3, -0.25) is 23.6 Å². The summed E-state index contributed by atoms with van der Waals surface area (Å²) in [6, 6.07) is -0.904. The number of likely N-dealkylation sites (tertiary alicyclic amines) is 1. The monoisotopic (exact) mass is 732 g/mol. The van der Waals surface area contributed by atoms with Crippen LogP contribution < -0.4 is 27.0 Å². The number of hydrogen-bond donors (Lipinski definition) is 6. The van der Waals surface area contributed by atoms with Crippen molar-refractivity contribution in [2.45, 2.75) is 138 Å². The average molecular weight is 732 g/mol. The number of hydrogen-bond acceptors (Lipinski definition) is 9.